The van der Waals surface area contributed by atoms with Gasteiger partial charge < -0.3 is 14.4 Å². The number of rotatable bonds is 5. The molecule has 0 N–H and O–H groups in total. The summed E-state index contributed by atoms with van der Waals surface area (Å²) < 4.78 is 11.1. The van der Waals surface area contributed by atoms with Gasteiger partial charge in [-0.05, 0) is 39.7 Å². The van der Waals surface area contributed by atoms with Crippen LogP contribution in [0.3, 0.4) is 0 Å². The molecule has 0 aliphatic carbocycles. The third kappa shape index (κ3) is 5.01. The second kappa shape index (κ2) is 6.89. The Morgan fingerprint density at radius 1 is 1.24 bits per heavy atom. The fourth-order valence-electron chi connectivity index (χ4n) is 2.19. The zero-order chi connectivity index (χ0) is 15.3. The number of likely N-dealkylation sites (tertiary alicyclic amines) is 1. The molecule has 5 heteroatoms. The maximum Gasteiger partial charge on any atom is 0.255 e. The molecule has 0 saturated carbocycles. The number of hydrogen-bond acceptors (Lipinski definition) is 4. The maximum absolute atomic E-state index is 12.2. The molecule has 1 aromatic heterocycles. The average Bonchev–Trinajstić information content (AvgIpc) is 2.96. The molecule has 1 aliphatic rings. The number of carbonyl (C=O) groups is 1. The molecule has 0 bridgehead atoms. The molecule has 0 spiro atoms. The number of ether oxygens (including phenoxy) is 2. The molecular formula is C16H24N2O3. The van der Waals surface area contributed by atoms with E-state index in [0.29, 0.717) is 24.7 Å². The highest BCUT2D eigenvalue weighted by molar-refractivity contribution is 5.94. The molecule has 5 nitrogen and oxygen atoms in total. The SMILES string of the molecule is CC(C)(C)OCCOc1ccc(C(=O)N2CCCC2)cn1. The van der Waals surface area contributed by atoms with Crippen molar-refractivity contribution in [1.29, 1.82) is 0 Å². The van der Waals surface area contributed by atoms with Gasteiger partial charge in [0, 0.05) is 25.4 Å². The van der Waals surface area contributed by atoms with E-state index in [1.807, 2.05) is 25.7 Å². The van der Waals surface area contributed by atoms with E-state index in [1.165, 1.54) is 0 Å². The summed E-state index contributed by atoms with van der Waals surface area (Å²) >= 11 is 0. The fraction of sp³-hybridized carbons (Fsp3) is 0.625. The Labute approximate surface area is 126 Å². The topological polar surface area (TPSA) is 51.7 Å². The Hall–Kier alpha value is -1.62. The van der Waals surface area contributed by atoms with Gasteiger partial charge in [-0.2, -0.15) is 0 Å². The van der Waals surface area contributed by atoms with Gasteiger partial charge in [-0.25, -0.2) is 4.98 Å². The molecule has 1 fully saturated rings. The monoisotopic (exact) mass is 292 g/mol. The molecule has 1 amide bonds. The summed E-state index contributed by atoms with van der Waals surface area (Å²) in [5, 5.41) is 0. The van der Waals surface area contributed by atoms with E-state index in [2.05, 4.69) is 4.98 Å². The predicted octanol–water partition coefficient (Wildman–Crippen LogP) is 2.51. The van der Waals surface area contributed by atoms with Crippen LogP contribution in [0.1, 0.15) is 44.0 Å². The van der Waals surface area contributed by atoms with Crippen molar-refractivity contribution >= 4 is 5.91 Å². The van der Waals surface area contributed by atoms with Crippen molar-refractivity contribution in [2.24, 2.45) is 0 Å². The third-order valence-corrected chi connectivity index (χ3v) is 3.24. The highest BCUT2D eigenvalue weighted by Crippen LogP contribution is 2.14. The van der Waals surface area contributed by atoms with Crippen LogP contribution >= 0.6 is 0 Å². The van der Waals surface area contributed by atoms with Gasteiger partial charge in [-0.3, -0.25) is 4.79 Å². The molecule has 1 aliphatic heterocycles. The number of nitrogens with zero attached hydrogens (tertiary/aromatic N) is 2. The Bertz CT molecular complexity index is 459. The second-order valence-electron chi connectivity index (χ2n) is 6.19. The van der Waals surface area contributed by atoms with Gasteiger partial charge in [0.15, 0.2) is 0 Å². The molecule has 2 rings (SSSR count). The molecular weight excluding hydrogens is 268 g/mol. The van der Waals surface area contributed by atoms with Crippen molar-refractivity contribution in [3.8, 4) is 5.88 Å². The van der Waals surface area contributed by atoms with Crippen LogP contribution in [0.2, 0.25) is 0 Å². The van der Waals surface area contributed by atoms with Crippen LogP contribution in [0, 0.1) is 0 Å². The number of hydrogen-bond donors (Lipinski definition) is 0. The molecule has 0 aromatic carbocycles. The zero-order valence-electron chi connectivity index (χ0n) is 13.1. The van der Waals surface area contributed by atoms with Crippen molar-refractivity contribution in [3.05, 3.63) is 23.9 Å². The molecule has 0 radical (unpaired) electrons. The summed E-state index contributed by atoms with van der Waals surface area (Å²) in [5.41, 5.74) is 0.457. The van der Waals surface area contributed by atoms with E-state index in [-0.39, 0.29) is 11.5 Å². The van der Waals surface area contributed by atoms with Crippen molar-refractivity contribution < 1.29 is 14.3 Å². The fourth-order valence-corrected chi connectivity index (χ4v) is 2.19. The Kier molecular flexibility index (Phi) is 5.17. The van der Waals surface area contributed by atoms with Gasteiger partial charge in [0.2, 0.25) is 5.88 Å². The Balaban J connectivity index is 1.80. The first-order valence-corrected chi connectivity index (χ1v) is 7.48. The van der Waals surface area contributed by atoms with Gasteiger partial charge in [-0.1, -0.05) is 0 Å². The van der Waals surface area contributed by atoms with Gasteiger partial charge >= 0.3 is 0 Å². The summed E-state index contributed by atoms with van der Waals surface area (Å²) in [5.74, 6) is 0.577. The number of aromatic nitrogens is 1. The Morgan fingerprint density at radius 2 is 1.95 bits per heavy atom. The van der Waals surface area contributed by atoms with Crippen LogP contribution < -0.4 is 4.74 Å². The number of pyridine rings is 1. The first-order chi connectivity index (χ1) is 9.96. The maximum atomic E-state index is 12.2. The highest BCUT2D eigenvalue weighted by atomic mass is 16.5. The minimum atomic E-state index is -0.164. The molecule has 21 heavy (non-hydrogen) atoms. The summed E-state index contributed by atoms with van der Waals surface area (Å²) in [6, 6.07) is 3.51. The third-order valence-electron chi connectivity index (χ3n) is 3.24. The minimum absolute atomic E-state index is 0.0580. The van der Waals surface area contributed by atoms with Crippen molar-refractivity contribution in [2.45, 2.75) is 39.2 Å². The van der Waals surface area contributed by atoms with Gasteiger partial charge in [0.25, 0.3) is 5.91 Å². The summed E-state index contributed by atoms with van der Waals surface area (Å²) in [7, 11) is 0. The van der Waals surface area contributed by atoms with Crippen LogP contribution in [-0.4, -0.2) is 47.7 Å². The molecule has 0 unspecified atom stereocenters. The second-order valence-corrected chi connectivity index (χ2v) is 6.19. The Morgan fingerprint density at radius 3 is 2.52 bits per heavy atom. The lowest BCUT2D eigenvalue weighted by atomic mass is 10.2. The van der Waals surface area contributed by atoms with Gasteiger partial charge in [0.05, 0.1) is 17.8 Å². The molecule has 1 aromatic rings. The van der Waals surface area contributed by atoms with Crippen LogP contribution in [0.15, 0.2) is 18.3 Å². The van der Waals surface area contributed by atoms with E-state index >= 15 is 0 Å². The lowest BCUT2D eigenvalue weighted by Gasteiger charge is -2.19. The standard InChI is InChI=1S/C16H24N2O3/c1-16(2,3)21-11-10-20-14-7-6-13(12-17-14)15(19)18-8-4-5-9-18/h6-7,12H,4-5,8-11H2,1-3H3. The van der Waals surface area contributed by atoms with Crippen LogP contribution in [0.25, 0.3) is 0 Å². The number of amides is 1. The number of carbonyl (C=O) groups excluding carboxylic acids is 1. The molecule has 1 saturated heterocycles. The minimum Gasteiger partial charge on any atom is -0.475 e. The zero-order valence-corrected chi connectivity index (χ0v) is 13.1. The summed E-state index contributed by atoms with van der Waals surface area (Å²) in [4.78, 5) is 18.2. The smallest absolute Gasteiger partial charge is 0.255 e. The van der Waals surface area contributed by atoms with E-state index in [0.717, 1.165) is 25.9 Å². The van der Waals surface area contributed by atoms with Gasteiger partial charge in [-0.15, -0.1) is 0 Å². The summed E-state index contributed by atoms with van der Waals surface area (Å²) in [6.45, 7) is 8.67. The largest absolute Gasteiger partial charge is 0.475 e. The highest BCUT2D eigenvalue weighted by Gasteiger charge is 2.19. The lowest BCUT2D eigenvalue weighted by molar-refractivity contribution is -0.0168. The van der Waals surface area contributed by atoms with Crippen LogP contribution in [-0.2, 0) is 4.74 Å². The first-order valence-electron chi connectivity index (χ1n) is 7.48. The van der Waals surface area contributed by atoms with Crippen LogP contribution in [0.5, 0.6) is 5.88 Å². The average molecular weight is 292 g/mol. The molecule has 116 valence electrons. The lowest BCUT2D eigenvalue weighted by Crippen LogP contribution is -2.27. The van der Waals surface area contributed by atoms with Crippen molar-refractivity contribution in [1.82, 2.24) is 9.88 Å². The normalized spacial score (nSPS) is 15.3. The van der Waals surface area contributed by atoms with Gasteiger partial charge in [0.1, 0.15) is 6.61 Å². The van der Waals surface area contributed by atoms with Crippen LogP contribution in [0.4, 0.5) is 0 Å². The summed E-state index contributed by atoms with van der Waals surface area (Å²) in [6.07, 6.45) is 3.77. The van der Waals surface area contributed by atoms with Crippen molar-refractivity contribution in [3.63, 3.8) is 0 Å². The van der Waals surface area contributed by atoms with E-state index < -0.39 is 0 Å². The van der Waals surface area contributed by atoms with E-state index in [1.54, 1.807) is 18.3 Å². The predicted molar refractivity (Wildman–Crippen MR) is 80.6 cm³/mol. The molecule has 2 heterocycles. The van der Waals surface area contributed by atoms with E-state index in [4.69, 9.17) is 9.47 Å². The van der Waals surface area contributed by atoms with E-state index in [9.17, 15) is 4.79 Å². The van der Waals surface area contributed by atoms with Crippen molar-refractivity contribution in [2.75, 3.05) is 26.3 Å². The first kappa shape index (κ1) is 15.8. The molecule has 0 atom stereocenters. The quantitative estimate of drug-likeness (QED) is 0.783.